The quantitative estimate of drug-likeness (QED) is 0.638. The number of hydrogen-bond donors (Lipinski definition) is 3. The van der Waals surface area contributed by atoms with Gasteiger partial charge in [0.2, 0.25) is 5.91 Å². The van der Waals surface area contributed by atoms with Crippen molar-refractivity contribution in [2.24, 2.45) is 0 Å². The SMILES string of the molecule is O=C(Cc1cccc(F)c1)NNC(=O)c1cc(-c2ccccc2)n[nH]1. The van der Waals surface area contributed by atoms with E-state index in [1.165, 1.54) is 18.2 Å². The van der Waals surface area contributed by atoms with Crippen molar-refractivity contribution in [3.63, 3.8) is 0 Å². The van der Waals surface area contributed by atoms with Crippen molar-refractivity contribution in [3.05, 3.63) is 77.7 Å². The van der Waals surface area contributed by atoms with Gasteiger partial charge in [-0.15, -0.1) is 0 Å². The van der Waals surface area contributed by atoms with Crippen molar-refractivity contribution in [3.8, 4) is 11.3 Å². The van der Waals surface area contributed by atoms with Crippen molar-refractivity contribution in [2.75, 3.05) is 0 Å². The molecule has 0 aliphatic heterocycles. The van der Waals surface area contributed by atoms with Crippen molar-refractivity contribution in [2.45, 2.75) is 6.42 Å². The van der Waals surface area contributed by atoms with E-state index in [2.05, 4.69) is 21.0 Å². The van der Waals surface area contributed by atoms with Crippen molar-refractivity contribution in [1.82, 2.24) is 21.0 Å². The molecule has 0 spiro atoms. The van der Waals surface area contributed by atoms with Crippen LogP contribution in [-0.2, 0) is 11.2 Å². The Hall–Kier alpha value is -3.48. The summed E-state index contributed by atoms with van der Waals surface area (Å²) < 4.78 is 13.1. The Kier molecular flexibility index (Phi) is 4.84. The molecular weight excluding hydrogens is 323 g/mol. The number of carbonyl (C=O) groups excluding carboxylic acids is 2. The first-order valence-corrected chi connectivity index (χ1v) is 7.56. The van der Waals surface area contributed by atoms with Crippen LogP contribution in [0.4, 0.5) is 4.39 Å². The number of aromatic amines is 1. The Bertz CT molecular complexity index is 893. The Balaban J connectivity index is 1.56. The van der Waals surface area contributed by atoms with Crippen LogP contribution in [0.3, 0.4) is 0 Å². The van der Waals surface area contributed by atoms with Gasteiger partial charge in [-0.3, -0.25) is 25.5 Å². The maximum Gasteiger partial charge on any atom is 0.287 e. The van der Waals surface area contributed by atoms with Crippen LogP contribution in [-0.4, -0.2) is 22.0 Å². The van der Waals surface area contributed by atoms with E-state index in [9.17, 15) is 14.0 Å². The summed E-state index contributed by atoms with van der Waals surface area (Å²) in [5, 5.41) is 6.69. The van der Waals surface area contributed by atoms with Crippen LogP contribution in [0.2, 0.25) is 0 Å². The van der Waals surface area contributed by atoms with Crippen LogP contribution in [0.15, 0.2) is 60.7 Å². The molecule has 6 nitrogen and oxygen atoms in total. The van der Waals surface area contributed by atoms with Gasteiger partial charge in [0.05, 0.1) is 12.1 Å². The maximum atomic E-state index is 13.1. The van der Waals surface area contributed by atoms with E-state index in [1.807, 2.05) is 30.3 Å². The lowest BCUT2D eigenvalue weighted by atomic mass is 10.1. The van der Waals surface area contributed by atoms with E-state index < -0.39 is 17.6 Å². The predicted octanol–water partition coefficient (Wildman–Crippen LogP) is 2.22. The third kappa shape index (κ3) is 4.29. The van der Waals surface area contributed by atoms with E-state index in [0.717, 1.165) is 5.56 Å². The molecule has 2 amide bonds. The smallest absolute Gasteiger partial charge is 0.273 e. The average molecular weight is 338 g/mol. The number of benzene rings is 2. The highest BCUT2D eigenvalue weighted by molar-refractivity contribution is 5.94. The second kappa shape index (κ2) is 7.39. The first-order valence-electron chi connectivity index (χ1n) is 7.56. The minimum absolute atomic E-state index is 0.0454. The Morgan fingerprint density at radius 3 is 2.56 bits per heavy atom. The molecule has 1 aromatic heterocycles. The maximum absolute atomic E-state index is 13.1. The topological polar surface area (TPSA) is 86.9 Å². The molecule has 3 aromatic rings. The second-order valence-electron chi connectivity index (χ2n) is 5.34. The van der Waals surface area contributed by atoms with Crippen LogP contribution in [0, 0.1) is 5.82 Å². The molecule has 0 aliphatic carbocycles. The lowest BCUT2D eigenvalue weighted by Gasteiger charge is -2.06. The zero-order chi connectivity index (χ0) is 17.6. The van der Waals surface area contributed by atoms with Crippen LogP contribution in [0.25, 0.3) is 11.3 Å². The lowest BCUT2D eigenvalue weighted by Crippen LogP contribution is -2.42. The summed E-state index contributed by atoms with van der Waals surface area (Å²) in [7, 11) is 0. The molecule has 0 unspecified atom stereocenters. The minimum Gasteiger partial charge on any atom is -0.273 e. The van der Waals surface area contributed by atoms with Gasteiger partial charge in [-0.2, -0.15) is 5.10 Å². The Labute approximate surface area is 143 Å². The van der Waals surface area contributed by atoms with E-state index in [-0.39, 0.29) is 12.1 Å². The fraction of sp³-hybridized carbons (Fsp3) is 0.0556. The number of halogens is 1. The minimum atomic E-state index is -0.526. The molecule has 0 aliphatic rings. The number of amides is 2. The third-order valence-corrected chi connectivity index (χ3v) is 3.46. The van der Waals surface area contributed by atoms with Gasteiger partial charge in [-0.25, -0.2) is 4.39 Å². The van der Waals surface area contributed by atoms with Crippen LogP contribution in [0.5, 0.6) is 0 Å². The Morgan fingerprint density at radius 2 is 1.80 bits per heavy atom. The third-order valence-electron chi connectivity index (χ3n) is 3.46. The largest absolute Gasteiger partial charge is 0.287 e. The number of H-pyrrole nitrogens is 1. The van der Waals surface area contributed by atoms with Gasteiger partial charge < -0.3 is 0 Å². The monoisotopic (exact) mass is 338 g/mol. The number of hydrogen-bond acceptors (Lipinski definition) is 3. The number of nitrogens with zero attached hydrogens (tertiary/aromatic N) is 1. The highest BCUT2D eigenvalue weighted by Gasteiger charge is 2.12. The summed E-state index contributed by atoms with van der Waals surface area (Å²) in [5.74, 6) is -1.40. The number of hydrazine groups is 1. The average Bonchev–Trinajstić information content (AvgIpc) is 3.11. The van der Waals surface area contributed by atoms with Crippen molar-refractivity contribution < 1.29 is 14.0 Å². The van der Waals surface area contributed by atoms with Gasteiger partial charge >= 0.3 is 0 Å². The summed E-state index contributed by atoms with van der Waals surface area (Å²) in [4.78, 5) is 23.9. The molecule has 7 heteroatoms. The molecule has 1 heterocycles. The summed E-state index contributed by atoms with van der Waals surface area (Å²) in [5.41, 5.74) is 6.80. The van der Waals surface area contributed by atoms with Gasteiger partial charge in [0.15, 0.2) is 0 Å². The summed E-state index contributed by atoms with van der Waals surface area (Å²) in [6, 6.07) is 16.7. The van der Waals surface area contributed by atoms with Crippen molar-refractivity contribution >= 4 is 11.8 Å². The molecule has 126 valence electrons. The fourth-order valence-electron chi connectivity index (χ4n) is 2.27. The molecule has 0 fully saturated rings. The van der Waals surface area contributed by atoms with Crippen LogP contribution >= 0.6 is 0 Å². The van der Waals surface area contributed by atoms with Gasteiger partial charge in [-0.1, -0.05) is 42.5 Å². The molecule has 2 aromatic carbocycles. The highest BCUT2D eigenvalue weighted by Crippen LogP contribution is 2.16. The zero-order valence-corrected chi connectivity index (χ0v) is 13.1. The normalized spacial score (nSPS) is 10.3. The van der Waals surface area contributed by atoms with E-state index in [0.29, 0.717) is 11.3 Å². The summed E-state index contributed by atoms with van der Waals surface area (Å²) >= 11 is 0. The van der Waals surface area contributed by atoms with E-state index >= 15 is 0 Å². The Morgan fingerprint density at radius 1 is 1.00 bits per heavy atom. The first kappa shape index (κ1) is 16.4. The molecule has 0 radical (unpaired) electrons. The number of carbonyl (C=O) groups is 2. The molecule has 0 atom stereocenters. The van der Waals surface area contributed by atoms with Gasteiger partial charge in [0.1, 0.15) is 11.5 Å². The van der Waals surface area contributed by atoms with Gasteiger partial charge in [0.25, 0.3) is 5.91 Å². The molecule has 3 rings (SSSR count). The summed E-state index contributed by atoms with van der Waals surface area (Å²) in [6.07, 6.45) is -0.0454. The molecule has 0 saturated heterocycles. The highest BCUT2D eigenvalue weighted by atomic mass is 19.1. The number of nitrogens with one attached hydrogen (secondary N) is 3. The fourth-order valence-corrected chi connectivity index (χ4v) is 2.27. The molecule has 25 heavy (non-hydrogen) atoms. The van der Waals surface area contributed by atoms with E-state index in [1.54, 1.807) is 12.1 Å². The standard InChI is InChI=1S/C18H15FN4O2/c19-14-8-4-5-12(9-14)10-17(24)22-23-18(25)16-11-15(20-21-16)13-6-2-1-3-7-13/h1-9,11H,10H2,(H,20,21)(H,22,24)(H,23,25). The predicted molar refractivity (Wildman–Crippen MR) is 89.7 cm³/mol. The van der Waals surface area contributed by atoms with Gasteiger partial charge in [0, 0.05) is 5.56 Å². The molecule has 0 saturated carbocycles. The lowest BCUT2D eigenvalue weighted by molar-refractivity contribution is -0.121. The molecule has 0 bridgehead atoms. The van der Waals surface area contributed by atoms with Crippen molar-refractivity contribution in [1.29, 1.82) is 0 Å². The van der Waals surface area contributed by atoms with Crippen LogP contribution < -0.4 is 10.9 Å². The zero-order valence-electron chi connectivity index (χ0n) is 13.1. The number of aromatic nitrogens is 2. The second-order valence-corrected chi connectivity index (χ2v) is 5.34. The first-order chi connectivity index (χ1) is 12.1. The number of rotatable bonds is 4. The van der Waals surface area contributed by atoms with Gasteiger partial charge in [-0.05, 0) is 23.8 Å². The van der Waals surface area contributed by atoms with E-state index in [4.69, 9.17) is 0 Å². The molecular formula is C18H15FN4O2. The van der Waals surface area contributed by atoms with Crippen LogP contribution in [0.1, 0.15) is 16.1 Å². The summed E-state index contributed by atoms with van der Waals surface area (Å²) in [6.45, 7) is 0. The molecule has 3 N–H and O–H groups in total.